The fraction of sp³-hybridized carbons (Fsp3) is 0.267. The lowest BCUT2D eigenvalue weighted by atomic mass is 10.1. The van der Waals surface area contributed by atoms with Crippen LogP contribution >= 0.6 is 11.3 Å². The highest BCUT2D eigenvalue weighted by atomic mass is 32.1. The topological polar surface area (TPSA) is 55.1 Å². The second-order valence-corrected chi connectivity index (χ2v) is 5.60. The van der Waals surface area contributed by atoms with Crippen molar-refractivity contribution in [1.82, 2.24) is 0 Å². The molecule has 1 amide bonds. The zero-order valence-electron chi connectivity index (χ0n) is 11.0. The molecule has 0 unspecified atom stereocenters. The van der Waals surface area contributed by atoms with Gasteiger partial charge in [-0.3, -0.25) is 4.79 Å². The summed E-state index contributed by atoms with van der Waals surface area (Å²) < 4.78 is 0. The molecular weight excluding hydrogens is 256 g/mol. The van der Waals surface area contributed by atoms with E-state index in [1.165, 1.54) is 4.88 Å². The second-order valence-electron chi connectivity index (χ2n) is 4.57. The number of aryl methyl sites for hydroxylation is 2. The first-order valence-electron chi connectivity index (χ1n) is 6.33. The molecule has 1 heterocycles. The molecule has 3 N–H and O–H groups in total. The molecule has 1 aromatic carbocycles. The minimum absolute atomic E-state index is 0.0221. The van der Waals surface area contributed by atoms with Gasteiger partial charge in [-0.05, 0) is 48.9 Å². The van der Waals surface area contributed by atoms with Crippen LogP contribution in [0, 0.1) is 6.92 Å². The quantitative estimate of drug-likeness (QED) is 0.818. The number of nitrogen functional groups attached to an aromatic ring is 1. The molecule has 2 aromatic rings. The van der Waals surface area contributed by atoms with Crippen molar-refractivity contribution >= 4 is 28.6 Å². The Kier molecular flexibility index (Phi) is 4.58. The molecule has 100 valence electrons. The van der Waals surface area contributed by atoms with Gasteiger partial charge in [0.05, 0.1) is 11.4 Å². The molecule has 0 saturated heterocycles. The van der Waals surface area contributed by atoms with E-state index in [1.807, 2.05) is 31.2 Å². The first-order valence-corrected chi connectivity index (χ1v) is 7.21. The number of rotatable bonds is 5. The van der Waals surface area contributed by atoms with Gasteiger partial charge >= 0.3 is 0 Å². The average molecular weight is 274 g/mol. The third kappa shape index (κ3) is 4.10. The number of nitrogens with two attached hydrogens (primary N) is 1. The average Bonchev–Trinajstić information content (AvgIpc) is 2.87. The normalized spacial score (nSPS) is 10.4. The van der Waals surface area contributed by atoms with Crippen LogP contribution in [0.15, 0.2) is 35.7 Å². The summed E-state index contributed by atoms with van der Waals surface area (Å²) in [5.74, 6) is 0.0221. The molecule has 0 saturated carbocycles. The Labute approximate surface area is 117 Å². The van der Waals surface area contributed by atoms with Gasteiger partial charge in [0.2, 0.25) is 5.91 Å². The highest BCUT2D eigenvalue weighted by molar-refractivity contribution is 7.09. The van der Waals surface area contributed by atoms with Gasteiger partial charge in [-0.2, -0.15) is 0 Å². The number of carbonyl (C=O) groups is 1. The van der Waals surface area contributed by atoms with E-state index >= 15 is 0 Å². The van der Waals surface area contributed by atoms with E-state index in [0.29, 0.717) is 17.8 Å². The van der Waals surface area contributed by atoms with Crippen molar-refractivity contribution in [3.63, 3.8) is 0 Å². The Balaban J connectivity index is 1.82. The van der Waals surface area contributed by atoms with Crippen molar-refractivity contribution in [3.8, 4) is 0 Å². The summed E-state index contributed by atoms with van der Waals surface area (Å²) >= 11 is 1.73. The van der Waals surface area contributed by atoms with Crippen molar-refractivity contribution in [2.24, 2.45) is 0 Å². The highest BCUT2D eigenvalue weighted by Crippen LogP contribution is 2.20. The van der Waals surface area contributed by atoms with Crippen molar-refractivity contribution in [2.75, 3.05) is 11.1 Å². The summed E-state index contributed by atoms with van der Waals surface area (Å²) in [6, 6.07) is 9.78. The van der Waals surface area contributed by atoms with Gasteiger partial charge in [0.15, 0.2) is 0 Å². The Morgan fingerprint density at radius 2 is 2.21 bits per heavy atom. The molecule has 1 aromatic heterocycles. The van der Waals surface area contributed by atoms with Gasteiger partial charge in [0.1, 0.15) is 0 Å². The van der Waals surface area contributed by atoms with Gasteiger partial charge < -0.3 is 11.1 Å². The number of anilines is 2. The molecule has 0 spiro atoms. The van der Waals surface area contributed by atoms with Crippen LogP contribution < -0.4 is 11.1 Å². The van der Waals surface area contributed by atoms with Gasteiger partial charge in [0.25, 0.3) is 0 Å². The van der Waals surface area contributed by atoms with E-state index < -0.39 is 0 Å². The predicted octanol–water partition coefficient (Wildman–Crippen LogP) is 3.60. The second kappa shape index (κ2) is 6.38. The molecule has 0 atom stereocenters. The number of benzene rings is 1. The minimum atomic E-state index is 0.0221. The third-order valence-electron chi connectivity index (χ3n) is 2.89. The molecule has 0 radical (unpaired) electrons. The van der Waals surface area contributed by atoms with Crippen LogP contribution in [0.25, 0.3) is 0 Å². The van der Waals surface area contributed by atoms with Crippen LogP contribution in [0.3, 0.4) is 0 Å². The SMILES string of the molecule is Cc1ccc(N)c(NC(=O)CCCc2cccs2)c1. The van der Waals surface area contributed by atoms with E-state index in [4.69, 9.17) is 5.73 Å². The smallest absolute Gasteiger partial charge is 0.224 e. The third-order valence-corrected chi connectivity index (χ3v) is 3.83. The molecule has 0 fully saturated rings. The van der Waals surface area contributed by atoms with Crippen LogP contribution in [0.5, 0.6) is 0 Å². The van der Waals surface area contributed by atoms with Gasteiger partial charge in [-0.1, -0.05) is 12.1 Å². The number of carbonyl (C=O) groups excluding carboxylic acids is 1. The van der Waals surface area contributed by atoms with Gasteiger partial charge in [-0.25, -0.2) is 0 Å². The molecule has 19 heavy (non-hydrogen) atoms. The predicted molar refractivity (Wildman–Crippen MR) is 81.5 cm³/mol. The Morgan fingerprint density at radius 3 is 2.95 bits per heavy atom. The Morgan fingerprint density at radius 1 is 1.37 bits per heavy atom. The first-order chi connectivity index (χ1) is 9.15. The maximum atomic E-state index is 11.8. The lowest BCUT2D eigenvalue weighted by Gasteiger charge is -2.08. The summed E-state index contributed by atoms with van der Waals surface area (Å²) in [5.41, 5.74) is 8.23. The Bertz CT molecular complexity index is 549. The number of amides is 1. The number of hydrogen-bond acceptors (Lipinski definition) is 3. The van der Waals surface area contributed by atoms with Crippen molar-refractivity contribution in [1.29, 1.82) is 0 Å². The van der Waals surface area contributed by atoms with E-state index in [0.717, 1.165) is 18.4 Å². The molecule has 0 aliphatic carbocycles. The molecule has 0 aliphatic rings. The van der Waals surface area contributed by atoms with Crippen LogP contribution in [-0.2, 0) is 11.2 Å². The van der Waals surface area contributed by atoms with Crippen molar-refractivity contribution in [2.45, 2.75) is 26.2 Å². The Hall–Kier alpha value is -1.81. The lowest BCUT2D eigenvalue weighted by molar-refractivity contribution is -0.116. The molecule has 0 bridgehead atoms. The van der Waals surface area contributed by atoms with Crippen molar-refractivity contribution < 1.29 is 4.79 Å². The van der Waals surface area contributed by atoms with Crippen LogP contribution in [0.4, 0.5) is 11.4 Å². The highest BCUT2D eigenvalue weighted by Gasteiger charge is 2.05. The first kappa shape index (κ1) is 13.6. The maximum absolute atomic E-state index is 11.8. The van der Waals surface area contributed by atoms with Gasteiger partial charge in [0, 0.05) is 11.3 Å². The monoisotopic (exact) mass is 274 g/mol. The molecule has 4 heteroatoms. The molecular formula is C15H18N2OS. The zero-order valence-corrected chi connectivity index (χ0v) is 11.8. The minimum Gasteiger partial charge on any atom is -0.397 e. The standard InChI is InChI=1S/C15H18N2OS/c1-11-7-8-13(16)14(10-11)17-15(18)6-2-4-12-5-3-9-19-12/h3,5,7-10H,2,4,6,16H2,1H3,(H,17,18). The van der Waals surface area contributed by atoms with E-state index in [2.05, 4.69) is 16.8 Å². The summed E-state index contributed by atoms with van der Waals surface area (Å²) in [7, 11) is 0. The zero-order chi connectivity index (χ0) is 13.7. The van der Waals surface area contributed by atoms with Crippen LogP contribution in [0.2, 0.25) is 0 Å². The summed E-state index contributed by atoms with van der Waals surface area (Å²) in [4.78, 5) is 13.2. The number of nitrogens with one attached hydrogen (secondary N) is 1. The number of hydrogen-bond donors (Lipinski definition) is 2. The van der Waals surface area contributed by atoms with Gasteiger partial charge in [-0.15, -0.1) is 11.3 Å². The van der Waals surface area contributed by atoms with E-state index in [-0.39, 0.29) is 5.91 Å². The molecule has 3 nitrogen and oxygen atoms in total. The lowest BCUT2D eigenvalue weighted by Crippen LogP contribution is -2.13. The van der Waals surface area contributed by atoms with Crippen LogP contribution in [-0.4, -0.2) is 5.91 Å². The molecule has 2 rings (SSSR count). The largest absolute Gasteiger partial charge is 0.397 e. The van der Waals surface area contributed by atoms with E-state index in [9.17, 15) is 4.79 Å². The summed E-state index contributed by atoms with van der Waals surface area (Å²) in [5, 5.41) is 4.93. The number of thiophene rings is 1. The van der Waals surface area contributed by atoms with Crippen LogP contribution in [0.1, 0.15) is 23.3 Å². The fourth-order valence-electron chi connectivity index (χ4n) is 1.87. The van der Waals surface area contributed by atoms with Crippen molar-refractivity contribution in [3.05, 3.63) is 46.2 Å². The fourth-order valence-corrected chi connectivity index (χ4v) is 2.62. The maximum Gasteiger partial charge on any atom is 0.224 e. The summed E-state index contributed by atoms with van der Waals surface area (Å²) in [6.07, 6.45) is 2.33. The molecule has 0 aliphatic heterocycles. The summed E-state index contributed by atoms with van der Waals surface area (Å²) in [6.45, 7) is 1.98. The van der Waals surface area contributed by atoms with E-state index in [1.54, 1.807) is 11.3 Å².